The zero-order valence-corrected chi connectivity index (χ0v) is 34.9. The fourth-order valence-corrected chi connectivity index (χ4v) is 7.20. The van der Waals surface area contributed by atoms with Crippen molar-refractivity contribution < 1.29 is 37.9 Å². The van der Waals surface area contributed by atoms with Crippen molar-refractivity contribution >= 4 is 19.7 Å². The highest BCUT2D eigenvalue weighted by molar-refractivity contribution is 7.47. The molecular weight excluding hydrogens is 677 g/mol. The summed E-state index contributed by atoms with van der Waals surface area (Å²) in [7, 11) is -4.41. The van der Waals surface area contributed by atoms with Gasteiger partial charge >= 0.3 is 13.8 Å². The maximum atomic E-state index is 12.1. The van der Waals surface area contributed by atoms with Crippen LogP contribution >= 0.6 is 7.82 Å². The Morgan fingerprint density at radius 2 is 0.865 bits per heavy atom. The number of hydrogen-bond donors (Lipinski definition) is 3. The standard InChI is InChI=1S/C42H84NO8P/c1-3-5-7-9-11-13-15-16-17-18-19-20-21-22-23-25-26-28-30-32-34-41(45)43-36-37-50-52(47,48)51-39-40(44)38-49-42(46)35-33-31-29-27-24-14-12-10-8-6-4-2/h40,44H,3-39H2,1-2H3,(H,43,45)(H,47,48). The molecule has 0 bridgehead atoms. The van der Waals surface area contributed by atoms with Gasteiger partial charge in [0, 0.05) is 19.4 Å². The van der Waals surface area contributed by atoms with Crippen LogP contribution in [0.3, 0.4) is 0 Å². The van der Waals surface area contributed by atoms with Crippen molar-refractivity contribution in [3.05, 3.63) is 0 Å². The molecule has 0 aliphatic carbocycles. The van der Waals surface area contributed by atoms with Gasteiger partial charge in [-0.1, -0.05) is 200 Å². The van der Waals surface area contributed by atoms with Crippen LogP contribution in [0.4, 0.5) is 0 Å². The molecule has 3 N–H and O–H groups in total. The van der Waals surface area contributed by atoms with Gasteiger partial charge in [0.25, 0.3) is 0 Å². The quantitative estimate of drug-likeness (QED) is 0.0318. The highest BCUT2D eigenvalue weighted by atomic mass is 31.2. The van der Waals surface area contributed by atoms with Gasteiger partial charge < -0.3 is 20.1 Å². The topological polar surface area (TPSA) is 131 Å². The lowest BCUT2D eigenvalue weighted by atomic mass is 10.0. The van der Waals surface area contributed by atoms with Gasteiger partial charge in [0.1, 0.15) is 12.7 Å². The molecule has 310 valence electrons. The monoisotopic (exact) mass is 762 g/mol. The molecule has 0 aromatic rings. The van der Waals surface area contributed by atoms with E-state index in [9.17, 15) is 24.2 Å². The van der Waals surface area contributed by atoms with Gasteiger partial charge in [0.2, 0.25) is 5.91 Å². The molecule has 0 radical (unpaired) electrons. The van der Waals surface area contributed by atoms with Crippen molar-refractivity contribution in [2.75, 3.05) is 26.4 Å². The van der Waals surface area contributed by atoms with E-state index in [2.05, 4.69) is 19.2 Å². The maximum Gasteiger partial charge on any atom is 0.472 e. The second-order valence-electron chi connectivity index (χ2n) is 15.0. The maximum absolute atomic E-state index is 12.1. The summed E-state index contributed by atoms with van der Waals surface area (Å²) in [6.07, 6.45) is 39.0. The minimum absolute atomic E-state index is 0.0884. The number of ether oxygens (including phenoxy) is 1. The number of aliphatic hydroxyl groups excluding tert-OH is 1. The normalized spacial score (nSPS) is 13.2. The molecule has 0 aromatic heterocycles. The van der Waals surface area contributed by atoms with E-state index in [1.165, 1.54) is 161 Å². The summed E-state index contributed by atoms with van der Waals surface area (Å²) in [4.78, 5) is 33.8. The van der Waals surface area contributed by atoms with Crippen molar-refractivity contribution in [1.82, 2.24) is 5.32 Å². The Morgan fingerprint density at radius 1 is 0.519 bits per heavy atom. The van der Waals surface area contributed by atoms with E-state index in [0.717, 1.165) is 38.5 Å². The smallest absolute Gasteiger partial charge is 0.463 e. The Morgan fingerprint density at radius 3 is 1.25 bits per heavy atom. The van der Waals surface area contributed by atoms with Gasteiger partial charge in [-0.3, -0.25) is 18.6 Å². The Kier molecular flexibility index (Phi) is 38.9. The summed E-state index contributed by atoms with van der Waals surface area (Å²) < 4.78 is 26.8. The Labute approximate surface area is 320 Å². The van der Waals surface area contributed by atoms with Crippen LogP contribution in [-0.2, 0) is 27.9 Å². The molecule has 0 spiro atoms. The summed E-state index contributed by atoms with van der Waals surface area (Å²) in [5.74, 6) is -0.505. The Hall–Kier alpha value is -0.990. The molecule has 2 unspecified atom stereocenters. The average molecular weight is 762 g/mol. The van der Waals surface area contributed by atoms with Gasteiger partial charge in [-0.15, -0.1) is 0 Å². The van der Waals surface area contributed by atoms with Crippen molar-refractivity contribution in [3.63, 3.8) is 0 Å². The summed E-state index contributed by atoms with van der Waals surface area (Å²) in [6, 6.07) is 0. The number of phosphoric ester groups is 1. The van der Waals surface area contributed by atoms with Crippen LogP contribution in [0.2, 0.25) is 0 Å². The lowest BCUT2D eigenvalue weighted by Crippen LogP contribution is -2.27. The number of phosphoric acid groups is 1. The van der Waals surface area contributed by atoms with Crippen molar-refractivity contribution in [1.29, 1.82) is 0 Å². The number of aliphatic hydroxyl groups is 1. The fourth-order valence-electron chi connectivity index (χ4n) is 6.44. The van der Waals surface area contributed by atoms with E-state index in [1.54, 1.807) is 0 Å². The van der Waals surface area contributed by atoms with Crippen LogP contribution in [0, 0.1) is 0 Å². The third kappa shape index (κ3) is 40.2. The summed E-state index contributed by atoms with van der Waals surface area (Å²) >= 11 is 0. The summed E-state index contributed by atoms with van der Waals surface area (Å²) in [5.41, 5.74) is 0. The number of esters is 1. The SMILES string of the molecule is CCCCCCCCCCCCCCCCCCCCCCC(=O)NCCOP(=O)(O)OCC(O)COC(=O)CCCCCCCCCCCCC. The zero-order chi connectivity index (χ0) is 38.2. The molecule has 0 aromatic carbocycles. The Balaban J connectivity index is 3.52. The second kappa shape index (κ2) is 39.7. The van der Waals surface area contributed by atoms with E-state index in [0.29, 0.717) is 6.42 Å². The molecule has 10 heteroatoms. The molecule has 52 heavy (non-hydrogen) atoms. The molecule has 0 heterocycles. The second-order valence-corrected chi connectivity index (χ2v) is 16.5. The predicted molar refractivity (Wildman–Crippen MR) is 215 cm³/mol. The van der Waals surface area contributed by atoms with E-state index in [-0.39, 0.29) is 32.1 Å². The molecule has 0 rings (SSSR count). The van der Waals surface area contributed by atoms with Crippen LogP contribution in [0.25, 0.3) is 0 Å². The summed E-state index contributed by atoms with van der Waals surface area (Å²) in [6.45, 7) is 3.58. The number of rotatable bonds is 42. The van der Waals surface area contributed by atoms with E-state index >= 15 is 0 Å². The molecular formula is C42H84NO8P. The molecule has 1 amide bonds. The van der Waals surface area contributed by atoms with Crippen LogP contribution in [-0.4, -0.2) is 54.3 Å². The lowest BCUT2D eigenvalue weighted by molar-refractivity contribution is -0.147. The van der Waals surface area contributed by atoms with Crippen LogP contribution in [0.5, 0.6) is 0 Å². The van der Waals surface area contributed by atoms with Crippen LogP contribution in [0.1, 0.15) is 226 Å². The average Bonchev–Trinajstić information content (AvgIpc) is 3.13. The molecule has 0 aliphatic rings. The first kappa shape index (κ1) is 51.0. The van der Waals surface area contributed by atoms with E-state index in [4.69, 9.17) is 13.8 Å². The van der Waals surface area contributed by atoms with Crippen LogP contribution < -0.4 is 5.32 Å². The molecule has 0 saturated carbocycles. The number of carbonyl (C=O) groups is 2. The van der Waals surface area contributed by atoms with Crippen molar-refractivity contribution in [2.24, 2.45) is 0 Å². The van der Waals surface area contributed by atoms with Gasteiger partial charge in [-0.25, -0.2) is 4.57 Å². The molecule has 9 nitrogen and oxygen atoms in total. The number of carbonyl (C=O) groups excluding carboxylic acids is 2. The molecule has 0 aliphatic heterocycles. The zero-order valence-electron chi connectivity index (χ0n) is 34.0. The van der Waals surface area contributed by atoms with Gasteiger partial charge in [-0.2, -0.15) is 0 Å². The predicted octanol–water partition coefficient (Wildman–Crippen LogP) is 12.1. The third-order valence-corrected chi connectivity index (χ3v) is 10.8. The van der Waals surface area contributed by atoms with E-state index in [1.807, 2.05) is 0 Å². The Bertz CT molecular complexity index is 830. The van der Waals surface area contributed by atoms with Crippen LogP contribution in [0.15, 0.2) is 0 Å². The summed E-state index contributed by atoms with van der Waals surface area (Å²) in [5, 5.41) is 12.7. The minimum atomic E-state index is -4.41. The van der Waals surface area contributed by atoms with Crippen molar-refractivity contribution in [3.8, 4) is 0 Å². The highest BCUT2D eigenvalue weighted by Gasteiger charge is 2.23. The lowest BCUT2D eigenvalue weighted by Gasteiger charge is -2.15. The first-order chi connectivity index (χ1) is 25.3. The number of hydrogen-bond acceptors (Lipinski definition) is 7. The minimum Gasteiger partial charge on any atom is -0.463 e. The number of unbranched alkanes of at least 4 members (excludes halogenated alkanes) is 29. The number of amides is 1. The van der Waals surface area contributed by atoms with E-state index < -0.39 is 26.5 Å². The molecule has 0 fully saturated rings. The van der Waals surface area contributed by atoms with Gasteiger partial charge in [0.05, 0.1) is 13.2 Å². The largest absolute Gasteiger partial charge is 0.472 e. The van der Waals surface area contributed by atoms with Gasteiger partial charge in [-0.05, 0) is 12.8 Å². The van der Waals surface area contributed by atoms with Crippen molar-refractivity contribution in [2.45, 2.75) is 232 Å². The third-order valence-electron chi connectivity index (χ3n) is 9.79. The molecule has 2 atom stereocenters. The van der Waals surface area contributed by atoms with Gasteiger partial charge in [0.15, 0.2) is 0 Å². The molecule has 0 saturated heterocycles. The number of nitrogens with one attached hydrogen (secondary N) is 1. The first-order valence-corrected chi connectivity index (χ1v) is 23.5. The highest BCUT2D eigenvalue weighted by Crippen LogP contribution is 2.42. The fraction of sp³-hybridized carbons (Fsp3) is 0.952. The first-order valence-electron chi connectivity index (χ1n) is 22.0.